The Hall–Kier alpha value is -1.40. The van der Waals surface area contributed by atoms with Gasteiger partial charge in [0.2, 0.25) is 10.0 Å². The molecule has 2 rings (SSSR count). The molecular formula is C16H23NO4S. The normalized spacial score (nSPS) is 23.2. The lowest BCUT2D eigenvalue weighted by Gasteiger charge is -2.37. The van der Waals surface area contributed by atoms with E-state index in [1.807, 2.05) is 13.8 Å². The molecule has 2 unspecified atom stereocenters. The van der Waals surface area contributed by atoms with E-state index in [1.165, 1.54) is 24.3 Å². The standard InChI is InChI=1S/C16H23NO4S/c1-4-21-16(18)14-8-10-15(11-9-14)22(19,20)17-12(2)6-5-7-13(17)3/h8-13H,4-7H2,1-3H3. The Morgan fingerprint density at radius 1 is 1.18 bits per heavy atom. The van der Waals surface area contributed by atoms with Crippen LogP contribution in [-0.4, -0.2) is 37.4 Å². The van der Waals surface area contributed by atoms with Gasteiger partial charge in [0.15, 0.2) is 0 Å². The molecule has 0 radical (unpaired) electrons. The zero-order valence-corrected chi connectivity index (χ0v) is 14.1. The number of piperidine rings is 1. The number of nitrogens with zero attached hydrogens (tertiary/aromatic N) is 1. The van der Waals surface area contributed by atoms with Crippen LogP contribution in [0.4, 0.5) is 0 Å². The first-order valence-electron chi connectivity index (χ1n) is 7.68. The average molecular weight is 325 g/mol. The molecule has 0 spiro atoms. The van der Waals surface area contributed by atoms with Gasteiger partial charge in [0.05, 0.1) is 17.1 Å². The fourth-order valence-corrected chi connectivity index (χ4v) is 4.85. The summed E-state index contributed by atoms with van der Waals surface area (Å²) in [4.78, 5) is 11.9. The molecule has 0 saturated carbocycles. The van der Waals surface area contributed by atoms with Gasteiger partial charge < -0.3 is 4.74 Å². The Morgan fingerprint density at radius 2 is 1.73 bits per heavy atom. The van der Waals surface area contributed by atoms with E-state index in [0.717, 1.165) is 19.3 Å². The van der Waals surface area contributed by atoms with Gasteiger partial charge in [-0.15, -0.1) is 0 Å². The fraction of sp³-hybridized carbons (Fsp3) is 0.562. The largest absolute Gasteiger partial charge is 0.462 e. The van der Waals surface area contributed by atoms with Crippen LogP contribution in [0.2, 0.25) is 0 Å². The second kappa shape index (κ2) is 6.79. The van der Waals surface area contributed by atoms with E-state index < -0.39 is 16.0 Å². The van der Waals surface area contributed by atoms with Crippen molar-refractivity contribution in [2.45, 2.75) is 57.0 Å². The molecule has 1 fully saturated rings. The second-order valence-electron chi connectivity index (χ2n) is 5.71. The monoisotopic (exact) mass is 325 g/mol. The van der Waals surface area contributed by atoms with Crippen molar-refractivity contribution in [3.63, 3.8) is 0 Å². The van der Waals surface area contributed by atoms with E-state index in [4.69, 9.17) is 4.74 Å². The van der Waals surface area contributed by atoms with Gasteiger partial charge in [-0.05, 0) is 57.9 Å². The van der Waals surface area contributed by atoms with Crippen LogP contribution < -0.4 is 0 Å². The number of rotatable bonds is 4. The molecule has 0 bridgehead atoms. The van der Waals surface area contributed by atoms with Crippen molar-refractivity contribution in [2.75, 3.05) is 6.61 Å². The lowest BCUT2D eigenvalue weighted by atomic mass is 10.0. The summed E-state index contributed by atoms with van der Waals surface area (Å²) in [5.41, 5.74) is 0.362. The highest BCUT2D eigenvalue weighted by Crippen LogP contribution is 2.29. The first-order chi connectivity index (χ1) is 10.4. The minimum atomic E-state index is -3.53. The SMILES string of the molecule is CCOC(=O)c1ccc(S(=O)(=O)N2C(C)CCCC2C)cc1. The Bertz CT molecular complexity index is 614. The molecule has 1 heterocycles. The van der Waals surface area contributed by atoms with Crippen molar-refractivity contribution in [1.82, 2.24) is 4.31 Å². The second-order valence-corrected chi connectivity index (χ2v) is 7.55. The van der Waals surface area contributed by atoms with E-state index in [0.29, 0.717) is 12.2 Å². The molecule has 1 aliphatic rings. The summed E-state index contributed by atoms with van der Waals surface area (Å²) in [5.74, 6) is -0.439. The van der Waals surface area contributed by atoms with E-state index >= 15 is 0 Å². The van der Waals surface area contributed by atoms with Gasteiger partial charge in [0, 0.05) is 12.1 Å². The number of esters is 1. The summed E-state index contributed by atoms with van der Waals surface area (Å²) < 4.78 is 32.1. The van der Waals surface area contributed by atoms with Crippen molar-refractivity contribution in [2.24, 2.45) is 0 Å². The fourth-order valence-electron chi connectivity index (χ4n) is 2.97. The smallest absolute Gasteiger partial charge is 0.338 e. The van der Waals surface area contributed by atoms with Gasteiger partial charge in [0.25, 0.3) is 0 Å². The number of carbonyl (C=O) groups excluding carboxylic acids is 1. The zero-order chi connectivity index (χ0) is 16.3. The molecule has 0 amide bonds. The highest BCUT2D eigenvalue weighted by atomic mass is 32.2. The van der Waals surface area contributed by atoms with Crippen molar-refractivity contribution in [3.05, 3.63) is 29.8 Å². The first kappa shape index (κ1) is 17.0. The van der Waals surface area contributed by atoms with Crippen LogP contribution in [0.3, 0.4) is 0 Å². The predicted molar refractivity (Wildman–Crippen MR) is 84.2 cm³/mol. The maximum atomic E-state index is 12.8. The number of sulfonamides is 1. The maximum absolute atomic E-state index is 12.8. The number of ether oxygens (including phenoxy) is 1. The van der Waals surface area contributed by atoms with E-state index in [2.05, 4.69) is 0 Å². The molecule has 2 atom stereocenters. The Balaban J connectivity index is 2.28. The van der Waals surface area contributed by atoms with Crippen LogP contribution in [0.25, 0.3) is 0 Å². The van der Waals surface area contributed by atoms with E-state index in [1.54, 1.807) is 11.2 Å². The van der Waals surface area contributed by atoms with Gasteiger partial charge >= 0.3 is 5.97 Å². The third-order valence-corrected chi connectivity index (χ3v) is 6.20. The minimum absolute atomic E-state index is 0.00140. The minimum Gasteiger partial charge on any atom is -0.462 e. The lowest BCUT2D eigenvalue weighted by molar-refractivity contribution is 0.0526. The molecule has 1 aromatic carbocycles. The van der Waals surface area contributed by atoms with Crippen molar-refractivity contribution in [1.29, 1.82) is 0 Å². The van der Waals surface area contributed by atoms with Crippen molar-refractivity contribution >= 4 is 16.0 Å². The number of hydrogen-bond acceptors (Lipinski definition) is 4. The van der Waals surface area contributed by atoms with Gasteiger partial charge in [-0.3, -0.25) is 0 Å². The van der Waals surface area contributed by atoms with Crippen molar-refractivity contribution < 1.29 is 17.9 Å². The molecule has 1 aliphatic heterocycles. The van der Waals surface area contributed by atoms with Crippen LogP contribution in [0.5, 0.6) is 0 Å². The van der Waals surface area contributed by atoms with Gasteiger partial charge in [-0.25, -0.2) is 13.2 Å². The quantitative estimate of drug-likeness (QED) is 0.799. The van der Waals surface area contributed by atoms with Crippen LogP contribution in [0, 0.1) is 0 Å². The van der Waals surface area contributed by atoms with Gasteiger partial charge in [-0.1, -0.05) is 6.42 Å². The average Bonchev–Trinajstić information content (AvgIpc) is 2.47. The summed E-state index contributed by atoms with van der Waals surface area (Å²) in [6, 6.07) is 5.97. The summed E-state index contributed by atoms with van der Waals surface area (Å²) in [6.07, 6.45) is 2.81. The van der Waals surface area contributed by atoms with Gasteiger partial charge in [-0.2, -0.15) is 4.31 Å². The van der Waals surface area contributed by atoms with E-state index in [9.17, 15) is 13.2 Å². The maximum Gasteiger partial charge on any atom is 0.338 e. The molecule has 0 aliphatic carbocycles. The Labute approximate surface area is 132 Å². The predicted octanol–water partition coefficient (Wildman–Crippen LogP) is 2.81. The summed E-state index contributed by atoms with van der Waals surface area (Å²) in [5, 5.41) is 0. The van der Waals surface area contributed by atoms with Crippen LogP contribution >= 0.6 is 0 Å². The van der Waals surface area contributed by atoms with Crippen LogP contribution in [-0.2, 0) is 14.8 Å². The van der Waals surface area contributed by atoms with Crippen LogP contribution in [0.1, 0.15) is 50.4 Å². The molecule has 22 heavy (non-hydrogen) atoms. The topological polar surface area (TPSA) is 63.7 Å². The summed E-state index contributed by atoms with van der Waals surface area (Å²) in [6.45, 7) is 5.91. The molecular weight excluding hydrogens is 302 g/mol. The third-order valence-electron chi connectivity index (χ3n) is 4.05. The van der Waals surface area contributed by atoms with E-state index in [-0.39, 0.29) is 17.0 Å². The molecule has 5 nitrogen and oxygen atoms in total. The highest BCUT2D eigenvalue weighted by molar-refractivity contribution is 7.89. The molecule has 6 heteroatoms. The van der Waals surface area contributed by atoms with Crippen molar-refractivity contribution in [3.8, 4) is 0 Å². The highest BCUT2D eigenvalue weighted by Gasteiger charge is 2.35. The third kappa shape index (κ3) is 3.33. The summed E-state index contributed by atoms with van der Waals surface area (Å²) in [7, 11) is -3.53. The number of hydrogen-bond donors (Lipinski definition) is 0. The molecule has 1 saturated heterocycles. The zero-order valence-electron chi connectivity index (χ0n) is 13.3. The molecule has 122 valence electrons. The number of carbonyl (C=O) groups is 1. The van der Waals surface area contributed by atoms with Gasteiger partial charge in [0.1, 0.15) is 0 Å². The summed E-state index contributed by atoms with van der Waals surface area (Å²) >= 11 is 0. The Morgan fingerprint density at radius 3 is 2.23 bits per heavy atom. The Kier molecular flexibility index (Phi) is 5.24. The van der Waals surface area contributed by atoms with Crippen LogP contribution in [0.15, 0.2) is 29.2 Å². The molecule has 0 aromatic heterocycles. The first-order valence-corrected chi connectivity index (χ1v) is 9.12. The lowest BCUT2D eigenvalue weighted by Crippen LogP contribution is -2.47. The molecule has 1 aromatic rings. The number of benzene rings is 1. The molecule has 0 N–H and O–H groups in total.